The van der Waals surface area contributed by atoms with Gasteiger partial charge in [-0.05, 0) is 6.92 Å². The van der Waals surface area contributed by atoms with Crippen LogP contribution in [0.2, 0.25) is 0 Å². The van der Waals surface area contributed by atoms with Crippen LogP contribution < -0.4 is 5.73 Å². The first-order chi connectivity index (χ1) is 4.34. The fourth-order valence-corrected chi connectivity index (χ4v) is 0.652. The monoisotopic (exact) mass is 125 g/mol. The molecule has 3 heteroatoms. The van der Waals surface area contributed by atoms with Gasteiger partial charge in [-0.15, -0.1) is 0 Å². The Morgan fingerprint density at radius 1 is 1.78 bits per heavy atom. The van der Waals surface area contributed by atoms with E-state index < -0.39 is 0 Å². The molecule has 0 unspecified atom stereocenters. The van der Waals surface area contributed by atoms with E-state index in [4.69, 9.17) is 5.73 Å². The summed E-state index contributed by atoms with van der Waals surface area (Å²) < 4.78 is 1.99. The summed E-state index contributed by atoms with van der Waals surface area (Å²) in [6.45, 7) is 2.72. The molecule has 0 amide bonds. The maximum Gasteiger partial charge on any atom is 0.0948 e. The largest absolute Gasteiger partial charge is 0.333 e. The van der Waals surface area contributed by atoms with E-state index in [1.54, 1.807) is 12.5 Å². The van der Waals surface area contributed by atoms with Crippen molar-refractivity contribution in [3.8, 4) is 0 Å². The average Bonchev–Trinajstić information content (AvgIpc) is 2.37. The lowest BCUT2D eigenvalue weighted by atomic mass is 10.3. The Morgan fingerprint density at radius 2 is 2.56 bits per heavy atom. The molecule has 0 saturated heterocycles. The van der Waals surface area contributed by atoms with Gasteiger partial charge in [-0.2, -0.15) is 0 Å². The van der Waals surface area contributed by atoms with Crippen LogP contribution in [0, 0.1) is 0 Å². The summed E-state index contributed by atoms with van der Waals surface area (Å²) in [6, 6.07) is 0.368. The number of imidazole rings is 1. The first kappa shape index (κ1) is 6.29. The lowest BCUT2D eigenvalue weighted by molar-refractivity contribution is 0.558. The van der Waals surface area contributed by atoms with Gasteiger partial charge < -0.3 is 10.3 Å². The van der Waals surface area contributed by atoms with Gasteiger partial charge in [-0.3, -0.25) is 0 Å². The molecule has 0 radical (unpaired) electrons. The Labute approximate surface area is 54.5 Å². The third kappa shape index (κ3) is 1.29. The van der Waals surface area contributed by atoms with Gasteiger partial charge in [0.2, 0.25) is 0 Å². The molecule has 1 aromatic heterocycles. The van der Waals surface area contributed by atoms with Gasteiger partial charge in [0.05, 0.1) is 6.33 Å². The minimum Gasteiger partial charge on any atom is -0.333 e. The molecule has 1 aromatic rings. The Hall–Kier alpha value is -0.830. The smallest absolute Gasteiger partial charge is 0.0948 e. The van der Waals surface area contributed by atoms with Crippen LogP contribution in [0.1, 0.15) is 13.0 Å². The summed E-state index contributed by atoms with van der Waals surface area (Å²) in [6.07, 6.45) is 5.45. The average molecular weight is 125 g/mol. The Kier molecular flexibility index (Phi) is 1.85. The number of hydrogen-bond acceptors (Lipinski definition) is 2. The van der Waals surface area contributed by atoms with E-state index in [9.17, 15) is 0 Å². The SMILES string of the molecule is C[C@H](CN)n1ccnc1. The highest BCUT2D eigenvalue weighted by Gasteiger charge is 1.97. The summed E-state index contributed by atoms with van der Waals surface area (Å²) in [5.74, 6) is 0. The van der Waals surface area contributed by atoms with Crippen molar-refractivity contribution >= 4 is 0 Å². The lowest BCUT2D eigenvalue weighted by Crippen LogP contribution is -2.14. The van der Waals surface area contributed by atoms with E-state index in [1.165, 1.54) is 0 Å². The van der Waals surface area contributed by atoms with Crippen LogP contribution >= 0.6 is 0 Å². The van der Waals surface area contributed by atoms with Gasteiger partial charge in [0.1, 0.15) is 0 Å². The van der Waals surface area contributed by atoms with Crippen molar-refractivity contribution in [1.82, 2.24) is 9.55 Å². The minimum atomic E-state index is 0.368. The molecule has 1 atom stereocenters. The molecule has 0 aliphatic carbocycles. The number of nitrogens with two attached hydrogens (primary N) is 1. The van der Waals surface area contributed by atoms with E-state index in [0.717, 1.165) is 0 Å². The van der Waals surface area contributed by atoms with E-state index in [-0.39, 0.29) is 0 Å². The van der Waals surface area contributed by atoms with Gasteiger partial charge in [0, 0.05) is 25.0 Å². The zero-order valence-electron chi connectivity index (χ0n) is 5.49. The minimum absolute atomic E-state index is 0.368. The van der Waals surface area contributed by atoms with Crippen LogP contribution in [0.25, 0.3) is 0 Å². The fourth-order valence-electron chi connectivity index (χ4n) is 0.652. The molecule has 0 bridgehead atoms. The van der Waals surface area contributed by atoms with Gasteiger partial charge in [0.15, 0.2) is 0 Å². The van der Waals surface area contributed by atoms with Crippen molar-refractivity contribution < 1.29 is 0 Å². The summed E-state index contributed by atoms with van der Waals surface area (Å²) in [4.78, 5) is 3.90. The summed E-state index contributed by atoms with van der Waals surface area (Å²) in [7, 11) is 0. The maximum absolute atomic E-state index is 5.41. The zero-order valence-corrected chi connectivity index (χ0v) is 5.49. The molecule has 3 nitrogen and oxygen atoms in total. The topological polar surface area (TPSA) is 43.8 Å². The van der Waals surface area contributed by atoms with E-state index >= 15 is 0 Å². The second kappa shape index (κ2) is 2.64. The Bertz CT molecular complexity index is 157. The first-order valence-electron chi connectivity index (χ1n) is 3.02. The van der Waals surface area contributed by atoms with Crippen molar-refractivity contribution in [2.45, 2.75) is 13.0 Å². The molecule has 50 valence electrons. The molecule has 0 aliphatic heterocycles. The third-order valence-corrected chi connectivity index (χ3v) is 1.37. The lowest BCUT2D eigenvalue weighted by Gasteiger charge is -2.07. The number of nitrogens with zero attached hydrogens (tertiary/aromatic N) is 2. The quantitative estimate of drug-likeness (QED) is 0.622. The second-order valence-corrected chi connectivity index (χ2v) is 2.09. The van der Waals surface area contributed by atoms with Crippen LogP contribution in [0.3, 0.4) is 0 Å². The second-order valence-electron chi connectivity index (χ2n) is 2.09. The first-order valence-corrected chi connectivity index (χ1v) is 3.02. The molecule has 0 spiro atoms. The van der Waals surface area contributed by atoms with Crippen molar-refractivity contribution in [3.05, 3.63) is 18.7 Å². The molecule has 0 fully saturated rings. The molecule has 0 aromatic carbocycles. The van der Waals surface area contributed by atoms with Crippen molar-refractivity contribution in [2.75, 3.05) is 6.54 Å². The van der Waals surface area contributed by atoms with Crippen molar-refractivity contribution in [1.29, 1.82) is 0 Å². The van der Waals surface area contributed by atoms with Gasteiger partial charge in [-0.25, -0.2) is 4.98 Å². The van der Waals surface area contributed by atoms with Crippen LogP contribution in [0.15, 0.2) is 18.7 Å². The van der Waals surface area contributed by atoms with E-state index in [0.29, 0.717) is 12.6 Å². The molecule has 0 aliphatic rings. The van der Waals surface area contributed by atoms with E-state index in [2.05, 4.69) is 11.9 Å². The molecular weight excluding hydrogens is 114 g/mol. The van der Waals surface area contributed by atoms with E-state index in [1.807, 2.05) is 10.8 Å². The predicted molar refractivity (Wildman–Crippen MR) is 36.0 cm³/mol. The third-order valence-electron chi connectivity index (χ3n) is 1.37. The Balaban J connectivity index is 2.65. The van der Waals surface area contributed by atoms with Gasteiger partial charge in [-0.1, -0.05) is 0 Å². The van der Waals surface area contributed by atoms with Gasteiger partial charge in [0.25, 0.3) is 0 Å². The normalized spacial score (nSPS) is 13.6. The summed E-state index contributed by atoms with van der Waals surface area (Å²) >= 11 is 0. The van der Waals surface area contributed by atoms with Crippen LogP contribution in [0.5, 0.6) is 0 Å². The van der Waals surface area contributed by atoms with Crippen LogP contribution in [0.4, 0.5) is 0 Å². The standard InChI is InChI=1S/C6H11N3/c1-6(4-7)9-3-2-8-5-9/h2-3,5-6H,4,7H2,1H3/t6-/m1/s1. The molecule has 9 heavy (non-hydrogen) atoms. The highest BCUT2D eigenvalue weighted by atomic mass is 15.1. The number of aromatic nitrogens is 2. The maximum atomic E-state index is 5.41. The molecule has 2 N–H and O–H groups in total. The fraction of sp³-hybridized carbons (Fsp3) is 0.500. The number of hydrogen-bond donors (Lipinski definition) is 1. The van der Waals surface area contributed by atoms with Crippen LogP contribution in [-0.2, 0) is 0 Å². The molecular formula is C6H11N3. The molecule has 1 heterocycles. The zero-order chi connectivity index (χ0) is 6.69. The van der Waals surface area contributed by atoms with Gasteiger partial charge >= 0.3 is 0 Å². The predicted octanol–water partition coefficient (Wildman–Crippen LogP) is 0.403. The number of rotatable bonds is 2. The van der Waals surface area contributed by atoms with Crippen molar-refractivity contribution in [2.24, 2.45) is 5.73 Å². The summed E-state index contributed by atoms with van der Waals surface area (Å²) in [5, 5.41) is 0. The Morgan fingerprint density at radius 3 is 3.00 bits per heavy atom. The van der Waals surface area contributed by atoms with Crippen LogP contribution in [-0.4, -0.2) is 16.1 Å². The summed E-state index contributed by atoms with van der Waals surface area (Å²) in [5.41, 5.74) is 5.41. The van der Waals surface area contributed by atoms with Crippen molar-refractivity contribution in [3.63, 3.8) is 0 Å². The highest BCUT2D eigenvalue weighted by Crippen LogP contribution is 1.99. The molecule has 0 saturated carbocycles. The highest BCUT2D eigenvalue weighted by molar-refractivity contribution is 4.78. The molecule has 1 rings (SSSR count).